The Morgan fingerprint density at radius 2 is 2.40 bits per heavy atom. The molecule has 1 unspecified atom stereocenters. The van der Waals surface area contributed by atoms with Gasteiger partial charge in [0.1, 0.15) is 24.6 Å². The molecule has 1 aliphatic heterocycles. The minimum Gasteiger partial charge on any atom is -0.369 e. The minimum atomic E-state index is -3.00. The number of hydrogen-bond donors (Lipinski definition) is 4. The van der Waals surface area contributed by atoms with Crippen LogP contribution in [0.25, 0.3) is 0 Å². The number of rotatable bonds is 7. The summed E-state index contributed by atoms with van der Waals surface area (Å²) in [6.07, 6.45) is -3.55. The number of hydrogen-bond acceptors (Lipinski definition) is 7. The summed E-state index contributed by atoms with van der Waals surface area (Å²) < 4.78 is 40.8. The molecular formula is C9H14F2N5O3P. The Kier molecular flexibility index (Phi) is 6.43. The van der Waals surface area contributed by atoms with E-state index in [0.717, 1.165) is 12.6 Å². The second kappa shape index (κ2) is 7.83. The van der Waals surface area contributed by atoms with Gasteiger partial charge in [0.2, 0.25) is 8.03 Å². The smallest absolute Gasteiger partial charge is 0.264 e. The van der Waals surface area contributed by atoms with Crippen molar-refractivity contribution in [2.75, 3.05) is 6.35 Å². The predicted molar refractivity (Wildman–Crippen MR) is 70.6 cm³/mol. The molecule has 0 radical (unpaired) electrons. The van der Waals surface area contributed by atoms with Crippen molar-refractivity contribution < 1.29 is 23.0 Å². The van der Waals surface area contributed by atoms with Crippen molar-refractivity contribution in [3.8, 4) is 0 Å². The van der Waals surface area contributed by atoms with E-state index < -0.39 is 26.9 Å². The van der Waals surface area contributed by atoms with Crippen molar-refractivity contribution in [3.63, 3.8) is 0 Å². The van der Waals surface area contributed by atoms with E-state index in [9.17, 15) is 13.3 Å². The van der Waals surface area contributed by atoms with Gasteiger partial charge in [-0.2, -0.15) is 0 Å². The zero-order valence-corrected chi connectivity index (χ0v) is 11.2. The molecule has 20 heavy (non-hydrogen) atoms. The molecule has 0 saturated heterocycles. The number of guanidine groups is 1. The fourth-order valence-corrected chi connectivity index (χ4v) is 1.69. The predicted octanol–water partition coefficient (Wildman–Crippen LogP) is 0.259. The number of halogens is 2. The lowest BCUT2D eigenvalue weighted by Crippen LogP contribution is -2.34. The highest BCUT2D eigenvalue weighted by Gasteiger charge is 2.24. The molecule has 8 nitrogen and oxygen atoms in total. The zero-order chi connectivity index (χ0) is 15.1. The van der Waals surface area contributed by atoms with E-state index in [-0.39, 0.29) is 23.8 Å². The van der Waals surface area contributed by atoms with Crippen molar-refractivity contribution in [2.45, 2.75) is 19.0 Å². The van der Waals surface area contributed by atoms with Crippen molar-refractivity contribution in [2.24, 2.45) is 15.7 Å². The maximum atomic E-state index is 12.8. The highest BCUT2D eigenvalue weighted by atomic mass is 31.1. The van der Waals surface area contributed by atoms with Crippen LogP contribution in [-0.4, -0.2) is 42.3 Å². The number of aliphatic imine (C=N–C) groups is 2. The van der Waals surface area contributed by atoms with Crippen molar-refractivity contribution >= 4 is 26.5 Å². The second-order valence-corrected chi connectivity index (χ2v) is 4.76. The fourth-order valence-electron chi connectivity index (χ4n) is 1.34. The Morgan fingerprint density at radius 1 is 1.70 bits per heavy atom. The van der Waals surface area contributed by atoms with E-state index in [1.807, 2.05) is 0 Å². The Morgan fingerprint density at radius 3 is 2.90 bits per heavy atom. The maximum Gasteiger partial charge on any atom is 0.264 e. The molecule has 112 valence electrons. The SMILES string of the molecule is N=C/C(C[C@H](OC[PH](=O)O)C(F)F)=C1/N=CN=C(N)N1. The monoisotopic (exact) mass is 309 g/mol. The number of nitrogens with one attached hydrogen (secondary N) is 2. The zero-order valence-electron chi connectivity index (χ0n) is 10.2. The molecular weight excluding hydrogens is 295 g/mol. The lowest BCUT2D eigenvalue weighted by Gasteiger charge is -2.18. The second-order valence-electron chi connectivity index (χ2n) is 3.68. The number of nitrogens with two attached hydrogens (primary N) is 1. The molecule has 0 aromatic carbocycles. The van der Waals surface area contributed by atoms with Crippen molar-refractivity contribution in [1.29, 1.82) is 5.41 Å². The summed E-state index contributed by atoms with van der Waals surface area (Å²) >= 11 is 0. The molecule has 0 spiro atoms. The van der Waals surface area contributed by atoms with Crippen LogP contribution in [0.4, 0.5) is 8.78 Å². The van der Waals surface area contributed by atoms with Crippen LogP contribution in [0, 0.1) is 5.41 Å². The molecule has 0 amide bonds. The number of nitrogens with zero attached hydrogens (tertiary/aromatic N) is 2. The van der Waals surface area contributed by atoms with Gasteiger partial charge in [0, 0.05) is 18.2 Å². The van der Waals surface area contributed by atoms with Crippen molar-refractivity contribution in [1.82, 2.24) is 5.32 Å². The van der Waals surface area contributed by atoms with E-state index in [1.54, 1.807) is 0 Å². The van der Waals surface area contributed by atoms with Gasteiger partial charge in [-0.1, -0.05) is 0 Å². The van der Waals surface area contributed by atoms with Crippen LogP contribution in [0.5, 0.6) is 0 Å². The van der Waals surface area contributed by atoms with Crippen LogP contribution in [0.3, 0.4) is 0 Å². The quantitative estimate of drug-likeness (QED) is 0.395. The molecule has 5 N–H and O–H groups in total. The van der Waals surface area contributed by atoms with Crippen LogP contribution in [0.1, 0.15) is 6.42 Å². The third kappa shape index (κ3) is 5.16. The van der Waals surface area contributed by atoms with Crippen LogP contribution in [-0.2, 0) is 9.30 Å². The lowest BCUT2D eigenvalue weighted by atomic mass is 10.1. The summed E-state index contributed by atoms with van der Waals surface area (Å²) in [5.41, 5.74) is 5.51. The summed E-state index contributed by atoms with van der Waals surface area (Å²) in [5.74, 6) is 0.127. The average Bonchev–Trinajstić information content (AvgIpc) is 2.38. The molecule has 2 atom stereocenters. The summed E-state index contributed by atoms with van der Waals surface area (Å²) in [4.78, 5) is 16.0. The number of alkyl halides is 2. The topological polar surface area (TPSA) is 133 Å². The normalized spacial score (nSPS) is 20.1. The van der Waals surface area contributed by atoms with Crippen LogP contribution in [0.2, 0.25) is 0 Å². The van der Waals surface area contributed by atoms with Gasteiger partial charge < -0.3 is 26.1 Å². The molecule has 1 rings (SSSR count). The van der Waals surface area contributed by atoms with Crippen LogP contribution >= 0.6 is 8.03 Å². The highest BCUT2D eigenvalue weighted by Crippen LogP contribution is 2.21. The fraction of sp³-hybridized carbons (Fsp3) is 0.444. The van der Waals surface area contributed by atoms with Crippen LogP contribution in [0.15, 0.2) is 21.4 Å². The Hall–Kier alpha value is -1.64. The largest absolute Gasteiger partial charge is 0.369 e. The van der Waals surface area contributed by atoms with E-state index in [2.05, 4.69) is 20.0 Å². The lowest BCUT2D eigenvalue weighted by molar-refractivity contribution is -0.0394. The average molecular weight is 309 g/mol. The van der Waals surface area contributed by atoms with E-state index in [4.69, 9.17) is 16.0 Å². The van der Waals surface area contributed by atoms with Gasteiger partial charge in [0.25, 0.3) is 6.43 Å². The van der Waals surface area contributed by atoms with Gasteiger partial charge in [-0.3, -0.25) is 4.57 Å². The van der Waals surface area contributed by atoms with Gasteiger partial charge >= 0.3 is 0 Å². The first-order valence-electron chi connectivity index (χ1n) is 5.42. The third-order valence-corrected chi connectivity index (χ3v) is 2.65. The number of ether oxygens (including phenoxy) is 1. The molecule has 0 saturated carbocycles. The Bertz CT molecular complexity index is 480. The molecule has 11 heteroatoms. The maximum absolute atomic E-state index is 12.8. The van der Waals surface area contributed by atoms with Crippen molar-refractivity contribution in [3.05, 3.63) is 11.4 Å². The van der Waals surface area contributed by atoms with Gasteiger partial charge in [-0.15, -0.1) is 0 Å². The third-order valence-electron chi connectivity index (χ3n) is 2.23. The Labute approximate surface area is 113 Å². The first-order chi connectivity index (χ1) is 9.43. The van der Waals surface area contributed by atoms with Gasteiger partial charge in [0.05, 0.1) is 0 Å². The molecule has 0 fully saturated rings. The van der Waals surface area contributed by atoms with Crippen LogP contribution < -0.4 is 11.1 Å². The first kappa shape index (κ1) is 16.4. The molecule has 0 aromatic heterocycles. The molecule has 0 aliphatic carbocycles. The first-order valence-corrected chi connectivity index (χ1v) is 6.98. The van der Waals surface area contributed by atoms with E-state index in [1.165, 1.54) is 0 Å². The molecule has 0 aromatic rings. The van der Waals surface area contributed by atoms with Gasteiger partial charge in [0.15, 0.2) is 5.96 Å². The Balaban J connectivity index is 2.81. The summed E-state index contributed by atoms with van der Waals surface area (Å²) in [6, 6.07) is 0. The summed E-state index contributed by atoms with van der Waals surface area (Å²) in [5, 5.41) is 9.76. The molecule has 0 bridgehead atoms. The summed E-state index contributed by atoms with van der Waals surface area (Å²) in [6.45, 7) is 0. The van der Waals surface area contributed by atoms with E-state index in [0.29, 0.717) is 0 Å². The van der Waals surface area contributed by atoms with E-state index >= 15 is 0 Å². The minimum absolute atomic E-state index is 0.0178. The molecule has 1 heterocycles. The molecule has 1 aliphatic rings. The van der Waals surface area contributed by atoms with Gasteiger partial charge in [-0.05, 0) is 0 Å². The highest BCUT2D eigenvalue weighted by molar-refractivity contribution is 7.37. The van der Waals surface area contributed by atoms with Gasteiger partial charge in [-0.25, -0.2) is 18.8 Å². The summed E-state index contributed by atoms with van der Waals surface area (Å²) in [7, 11) is -3.00. The standard InChI is InChI=1S/C9H14F2N5O3P/c10-7(11)6(19-4-20(17)18)1-5(2-12)8-14-3-15-9(13)16-8/h2-3,6-7,12,20H,1,4H2,(H,17,18)(H3,13,14,15,16)/b8-5-,12-2?/t6-/m0/s1.